The highest BCUT2D eigenvalue weighted by atomic mass is 19.1. The monoisotopic (exact) mass is 274 g/mol. The Kier molecular flexibility index (Phi) is 4.45. The van der Waals surface area contributed by atoms with Gasteiger partial charge in [-0.15, -0.1) is 0 Å². The third kappa shape index (κ3) is 3.20. The number of nitrogen functional groups attached to an aromatic ring is 1. The molecule has 0 saturated heterocycles. The van der Waals surface area contributed by atoms with Crippen LogP contribution in [0.3, 0.4) is 0 Å². The van der Waals surface area contributed by atoms with Gasteiger partial charge in [0.05, 0.1) is 7.11 Å². The van der Waals surface area contributed by atoms with Crippen LogP contribution in [0.4, 0.5) is 15.8 Å². The van der Waals surface area contributed by atoms with Gasteiger partial charge >= 0.3 is 0 Å². The molecule has 2 aromatic rings. The van der Waals surface area contributed by atoms with E-state index >= 15 is 0 Å². The molecule has 2 rings (SSSR count). The zero-order valence-corrected chi connectivity index (χ0v) is 11.8. The van der Waals surface area contributed by atoms with Crippen molar-refractivity contribution < 1.29 is 9.13 Å². The molecule has 0 atom stereocenters. The van der Waals surface area contributed by atoms with Crippen LogP contribution >= 0.6 is 0 Å². The number of hydrogen-bond acceptors (Lipinski definition) is 3. The maximum atomic E-state index is 13.3. The molecule has 2 N–H and O–H groups in total. The van der Waals surface area contributed by atoms with E-state index in [0.29, 0.717) is 12.2 Å². The molecule has 0 aliphatic heterocycles. The summed E-state index contributed by atoms with van der Waals surface area (Å²) in [6.07, 6.45) is 0. The lowest BCUT2D eigenvalue weighted by molar-refractivity contribution is 0.415. The Balaban J connectivity index is 2.22. The van der Waals surface area contributed by atoms with Crippen molar-refractivity contribution in [3.8, 4) is 5.75 Å². The molecule has 0 fully saturated rings. The Hall–Kier alpha value is -2.23. The van der Waals surface area contributed by atoms with Crippen LogP contribution in [0.5, 0.6) is 5.75 Å². The first-order chi connectivity index (χ1) is 9.63. The van der Waals surface area contributed by atoms with E-state index in [0.717, 1.165) is 23.5 Å². The van der Waals surface area contributed by atoms with Gasteiger partial charge in [0.2, 0.25) is 0 Å². The minimum atomic E-state index is -0.233. The Bertz CT molecular complexity index is 586. The van der Waals surface area contributed by atoms with Gasteiger partial charge in [-0.3, -0.25) is 0 Å². The molecule has 20 heavy (non-hydrogen) atoms. The van der Waals surface area contributed by atoms with Crippen molar-refractivity contribution in [2.75, 3.05) is 24.3 Å². The van der Waals surface area contributed by atoms with Crippen LogP contribution < -0.4 is 15.4 Å². The van der Waals surface area contributed by atoms with Crippen LogP contribution in [-0.2, 0) is 6.54 Å². The molecule has 0 heterocycles. The average Bonchev–Trinajstić information content (AvgIpc) is 2.46. The van der Waals surface area contributed by atoms with Gasteiger partial charge in [-0.1, -0.05) is 12.1 Å². The van der Waals surface area contributed by atoms with Crippen LogP contribution in [-0.4, -0.2) is 13.7 Å². The zero-order valence-electron chi connectivity index (χ0n) is 11.8. The fraction of sp³-hybridized carbons (Fsp3) is 0.250. The average molecular weight is 274 g/mol. The fourth-order valence-electron chi connectivity index (χ4n) is 2.11. The van der Waals surface area contributed by atoms with Crippen molar-refractivity contribution in [2.45, 2.75) is 13.5 Å². The summed E-state index contributed by atoms with van der Waals surface area (Å²) >= 11 is 0. The van der Waals surface area contributed by atoms with Crippen LogP contribution in [0.1, 0.15) is 12.5 Å². The Morgan fingerprint density at radius 3 is 2.60 bits per heavy atom. The Labute approximate surface area is 118 Å². The lowest BCUT2D eigenvalue weighted by atomic mass is 10.1. The summed E-state index contributed by atoms with van der Waals surface area (Å²) in [5.41, 5.74) is 8.55. The largest absolute Gasteiger partial charge is 0.497 e. The van der Waals surface area contributed by atoms with Crippen molar-refractivity contribution in [3.05, 3.63) is 53.8 Å². The number of nitrogens with two attached hydrogens (primary N) is 1. The fourth-order valence-corrected chi connectivity index (χ4v) is 2.11. The highest BCUT2D eigenvalue weighted by molar-refractivity contribution is 5.54. The van der Waals surface area contributed by atoms with Crippen molar-refractivity contribution in [2.24, 2.45) is 0 Å². The number of halogens is 1. The molecule has 0 spiro atoms. The van der Waals surface area contributed by atoms with E-state index in [1.54, 1.807) is 19.2 Å². The second-order valence-corrected chi connectivity index (χ2v) is 4.56. The van der Waals surface area contributed by atoms with Crippen LogP contribution in [0, 0.1) is 5.82 Å². The van der Waals surface area contributed by atoms with Gasteiger partial charge in [-0.05, 0) is 36.8 Å². The predicted octanol–water partition coefficient (Wildman–Crippen LogP) is 3.44. The summed E-state index contributed by atoms with van der Waals surface area (Å²) in [5, 5.41) is 0. The number of methoxy groups -OCH3 is 1. The van der Waals surface area contributed by atoms with Crippen LogP contribution in [0.15, 0.2) is 42.5 Å². The Morgan fingerprint density at radius 1 is 1.20 bits per heavy atom. The van der Waals surface area contributed by atoms with E-state index in [-0.39, 0.29) is 5.82 Å². The molecule has 0 unspecified atom stereocenters. The third-order valence-corrected chi connectivity index (χ3v) is 3.27. The number of hydrogen-bond donors (Lipinski definition) is 1. The third-order valence-electron chi connectivity index (χ3n) is 3.27. The molecular weight excluding hydrogens is 255 g/mol. The van der Waals surface area contributed by atoms with Crippen molar-refractivity contribution in [1.29, 1.82) is 0 Å². The summed E-state index contributed by atoms with van der Waals surface area (Å²) in [5.74, 6) is 0.503. The van der Waals surface area contributed by atoms with E-state index in [2.05, 4.69) is 4.90 Å². The minimum Gasteiger partial charge on any atom is -0.497 e. The second kappa shape index (κ2) is 6.28. The number of rotatable bonds is 5. The standard InChI is InChI=1S/C16H19FN2O/c1-3-19(14-6-4-5-13(17)9-14)11-12-7-8-15(20-2)10-16(12)18/h4-10H,3,11,18H2,1-2H3. The normalized spacial score (nSPS) is 10.3. The molecule has 4 heteroatoms. The summed E-state index contributed by atoms with van der Waals surface area (Å²) < 4.78 is 18.5. The minimum absolute atomic E-state index is 0.233. The van der Waals surface area contributed by atoms with Gasteiger partial charge in [0.25, 0.3) is 0 Å². The molecule has 0 aliphatic rings. The van der Waals surface area contributed by atoms with Crippen LogP contribution in [0.25, 0.3) is 0 Å². The molecular formula is C16H19FN2O. The van der Waals surface area contributed by atoms with Gasteiger partial charge in [-0.2, -0.15) is 0 Å². The van der Waals surface area contributed by atoms with Gasteiger partial charge in [0, 0.05) is 30.5 Å². The van der Waals surface area contributed by atoms with E-state index < -0.39 is 0 Å². The first kappa shape index (κ1) is 14.2. The maximum Gasteiger partial charge on any atom is 0.125 e. The van der Waals surface area contributed by atoms with Crippen molar-refractivity contribution >= 4 is 11.4 Å². The first-order valence-electron chi connectivity index (χ1n) is 6.57. The molecule has 106 valence electrons. The number of benzene rings is 2. The smallest absolute Gasteiger partial charge is 0.125 e. The van der Waals surface area contributed by atoms with E-state index in [9.17, 15) is 4.39 Å². The zero-order chi connectivity index (χ0) is 14.5. The summed E-state index contributed by atoms with van der Waals surface area (Å²) in [4.78, 5) is 2.07. The van der Waals surface area contributed by atoms with Gasteiger partial charge < -0.3 is 15.4 Å². The number of ether oxygens (including phenoxy) is 1. The molecule has 3 nitrogen and oxygen atoms in total. The second-order valence-electron chi connectivity index (χ2n) is 4.56. The molecule has 0 aliphatic carbocycles. The van der Waals surface area contributed by atoms with Crippen molar-refractivity contribution in [1.82, 2.24) is 0 Å². The topological polar surface area (TPSA) is 38.5 Å². The SMILES string of the molecule is CCN(Cc1ccc(OC)cc1N)c1cccc(F)c1. The molecule has 0 bridgehead atoms. The highest BCUT2D eigenvalue weighted by Crippen LogP contribution is 2.24. The van der Waals surface area contributed by atoms with E-state index in [1.165, 1.54) is 12.1 Å². The molecule has 0 saturated carbocycles. The quantitative estimate of drug-likeness (QED) is 0.849. The molecule has 0 radical (unpaired) electrons. The first-order valence-corrected chi connectivity index (χ1v) is 6.57. The lowest BCUT2D eigenvalue weighted by Gasteiger charge is -2.24. The maximum absolute atomic E-state index is 13.3. The van der Waals surface area contributed by atoms with Gasteiger partial charge in [0.1, 0.15) is 11.6 Å². The van der Waals surface area contributed by atoms with Gasteiger partial charge in [-0.25, -0.2) is 4.39 Å². The lowest BCUT2D eigenvalue weighted by Crippen LogP contribution is -2.22. The van der Waals surface area contributed by atoms with E-state index in [4.69, 9.17) is 10.5 Å². The summed E-state index contributed by atoms with van der Waals surface area (Å²) in [7, 11) is 1.61. The number of anilines is 2. The number of nitrogens with zero attached hydrogens (tertiary/aromatic N) is 1. The van der Waals surface area contributed by atoms with Gasteiger partial charge in [0.15, 0.2) is 0 Å². The summed E-state index contributed by atoms with van der Waals surface area (Å²) in [6, 6.07) is 12.2. The molecule has 2 aromatic carbocycles. The highest BCUT2D eigenvalue weighted by Gasteiger charge is 2.09. The Morgan fingerprint density at radius 2 is 2.00 bits per heavy atom. The summed E-state index contributed by atoms with van der Waals surface area (Å²) in [6.45, 7) is 3.44. The van der Waals surface area contributed by atoms with E-state index in [1.807, 2.05) is 25.1 Å². The van der Waals surface area contributed by atoms with Crippen LogP contribution in [0.2, 0.25) is 0 Å². The predicted molar refractivity (Wildman–Crippen MR) is 80.5 cm³/mol. The molecule has 0 amide bonds. The van der Waals surface area contributed by atoms with Crippen molar-refractivity contribution in [3.63, 3.8) is 0 Å². The molecule has 0 aromatic heterocycles.